The lowest BCUT2D eigenvalue weighted by Gasteiger charge is -2.21. The van der Waals surface area contributed by atoms with Gasteiger partial charge in [-0.15, -0.1) is 34.8 Å². The van der Waals surface area contributed by atoms with Crippen LogP contribution in [0.3, 0.4) is 0 Å². The molecule has 0 aliphatic rings. The van der Waals surface area contributed by atoms with Crippen LogP contribution in [0.1, 0.15) is 6.23 Å². The Morgan fingerprint density at radius 2 is 1.89 bits per heavy atom. The van der Waals surface area contributed by atoms with Crippen molar-refractivity contribution in [1.29, 1.82) is 0 Å². The van der Waals surface area contributed by atoms with E-state index in [2.05, 4.69) is 0 Å². The molecule has 1 N–H and O–H groups in total. The van der Waals surface area contributed by atoms with E-state index in [4.69, 9.17) is 39.5 Å². The predicted octanol–water partition coefficient (Wildman–Crippen LogP) is 1.28. The Labute approximate surface area is 116 Å². The fraction of sp³-hybridized carbons (Fsp3) is 0.556. The average molecular weight is 320 g/mol. The molecule has 0 unspecified atom stereocenters. The van der Waals surface area contributed by atoms with Crippen LogP contribution in [0.5, 0.6) is 0 Å². The maximum atomic E-state index is 13.1. The highest BCUT2D eigenvalue weighted by Gasteiger charge is 2.18. The zero-order chi connectivity index (χ0) is 13.7. The first kappa shape index (κ1) is 15.5. The van der Waals surface area contributed by atoms with E-state index >= 15 is 0 Å². The number of nitrogens with one attached hydrogen (secondary N) is 1. The monoisotopic (exact) mass is 318 g/mol. The van der Waals surface area contributed by atoms with Gasteiger partial charge in [0.25, 0.3) is 5.56 Å². The van der Waals surface area contributed by atoms with Crippen molar-refractivity contribution >= 4 is 34.8 Å². The molecule has 102 valence electrons. The van der Waals surface area contributed by atoms with Gasteiger partial charge >= 0.3 is 5.69 Å². The summed E-state index contributed by atoms with van der Waals surface area (Å²) in [6, 6.07) is 0. The molecule has 0 spiro atoms. The van der Waals surface area contributed by atoms with Crippen molar-refractivity contribution in [3.63, 3.8) is 0 Å². The third-order valence-corrected chi connectivity index (χ3v) is 3.01. The lowest BCUT2D eigenvalue weighted by molar-refractivity contribution is -0.0227. The minimum absolute atomic E-state index is 0.0947. The van der Waals surface area contributed by atoms with Crippen molar-refractivity contribution in [2.75, 3.05) is 17.6 Å². The summed E-state index contributed by atoms with van der Waals surface area (Å²) in [4.78, 5) is 24.2. The van der Waals surface area contributed by atoms with Gasteiger partial charge in [-0.3, -0.25) is 14.3 Å². The number of alkyl halides is 3. The van der Waals surface area contributed by atoms with Gasteiger partial charge in [0.2, 0.25) is 5.82 Å². The number of H-pyrrole nitrogens is 1. The van der Waals surface area contributed by atoms with Gasteiger partial charge in [0.15, 0.2) is 6.23 Å². The van der Waals surface area contributed by atoms with Crippen LogP contribution in [0.15, 0.2) is 15.8 Å². The molecule has 1 atom stereocenters. The molecule has 1 aromatic heterocycles. The summed E-state index contributed by atoms with van der Waals surface area (Å²) in [5.41, 5.74) is -1.93. The zero-order valence-corrected chi connectivity index (χ0v) is 11.3. The largest absolute Gasteiger partial charge is 0.351 e. The quantitative estimate of drug-likeness (QED) is 0.803. The first-order valence-corrected chi connectivity index (χ1v) is 6.48. The fourth-order valence-corrected chi connectivity index (χ4v) is 1.88. The second kappa shape index (κ2) is 7.13. The molecule has 1 aromatic rings. The Kier molecular flexibility index (Phi) is 6.14. The van der Waals surface area contributed by atoms with Crippen LogP contribution < -0.4 is 11.2 Å². The van der Waals surface area contributed by atoms with Crippen molar-refractivity contribution in [2.45, 2.75) is 12.3 Å². The summed E-state index contributed by atoms with van der Waals surface area (Å²) in [6.07, 6.45) is -0.778. The molecule has 0 amide bonds. The van der Waals surface area contributed by atoms with E-state index in [-0.39, 0.29) is 17.6 Å². The number of hydrogen-bond donors (Lipinski definition) is 1. The average Bonchev–Trinajstić information content (AvgIpc) is 2.36. The first-order valence-electron chi connectivity index (χ1n) is 4.87. The Morgan fingerprint density at radius 3 is 2.39 bits per heavy atom. The van der Waals surface area contributed by atoms with E-state index in [0.717, 1.165) is 10.8 Å². The number of rotatable bonds is 6. The minimum atomic E-state index is -1.11. The molecule has 1 rings (SSSR count). The summed E-state index contributed by atoms with van der Waals surface area (Å²) < 4.78 is 19.3. The molecule has 9 heteroatoms. The highest BCUT2D eigenvalue weighted by molar-refractivity contribution is 6.21. The normalized spacial score (nSPS) is 12.9. The van der Waals surface area contributed by atoms with Gasteiger partial charge in [-0.2, -0.15) is 4.39 Å². The van der Waals surface area contributed by atoms with Crippen molar-refractivity contribution in [3.8, 4) is 0 Å². The van der Waals surface area contributed by atoms with Gasteiger partial charge in [0.1, 0.15) is 0 Å². The van der Waals surface area contributed by atoms with E-state index in [0.29, 0.717) is 0 Å². The van der Waals surface area contributed by atoms with Crippen molar-refractivity contribution < 1.29 is 9.13 Å². The van der Waals surface area contributed by atoms with Gasteiger partial charge < -0.3 is 4.74 Å². The van der Waals surface area contributed by atoms with Gasteiger partial charge in [-0.1, -0.05) is 0 Å². The third kappa shape index (κ3) is 3.71. The van der Waals surface area contributed by atoms with Gasteiger partial charge in [-0.25, -0.2) is 4.79 Å². The molecule has 0 saturated carbocycles. The second-order valence-corrected chi connectivity index (χ2v) is 4.25. The van der Waals surface area contributed by atoms with E-state index in [1.54, 1.807) is 4.98 Å². The first-order chi connectivity index (χ1) is 8.53. The molecular formula is C9H10Cl3FN2O3. The molecule has 0 radical (unpaired) electrons. The van der Waals surface area contributed by atoms with E-state index in [1.807, 2.05) is 0 Å². The predicted molar refractivity (Wildman–Crippen MR) is 67.4 cm³/mol. The second-order valence-electron chi connectivity index (χ2n) is 3.32. The lowest BCUT2D eigenvalue weighted by Crippen LogP contribution is -2.37. The maximum absolute atomic E-state index is 13.1. The van der Waals surface area contributed by atoms with Crippen LogP contribution in [0.25, 0.3) is 0 Å². The number of hydrogen-bond acceptors (Lipinski definition) is 3. The highest BCUT2D eigenvalue weighted by Crippen LogP contribution is 2.13. The van der Waals surface area contributed by atoms with Crippen LogP contribution in [0.4, 0.5) is 4.39 Å². The van der Waals surface area contributed by atoms with Crippen LogP contribution in [0, 0.1) is 5.82 Å². The molecule has 0 aliphatic heterocycles. The summed E-state index contributed by atoms with van der Waals surface area (Å²) in [6.45, 7) is 0. The standard InChI is InChI=1S/C9H10Cl3FN2O3/c10-1-5(2-11)18-7(3-12)15-4-6(13)8(16)14-9(15)17/h4-5,7H,1-3H2,(H,14,16,17)/t7-/m1/s1. The summed E-state index contributed by atoms with van der Waals surface area (Å²) >= 11 is 16.8. The van der Waals surface area contributed by atoms with Crippen molar-refractivity contribution in [2.24, 2.45) is 0 Å². The molecular weight excluding hydrogens is 309 g/mol. The molecule has 0 aromatic carbocycles. The Morgan fingerprint density at radius 1 is 1.28 bits per heavy atom. The summed E-state index contributed by atoms with van der Waals surface area (Å²) in [7, 11) is 0. The van der Waals surface area contributed by atoms with E-state index < -0.39 is 29.4 Å². The minimum Gasteiger partial charge on any atom is -0.351 e. The van der Waals surface area contributed by atoms with Crippen molar-refractivity contribution in [1.82, 2.24) is 9.55 Å². The third-order valence-electron chi connectivity index (χ3n) is 2.06. The summed E-state index contributed by atoms with van der Waals surface area (Å²) in [5, 5.41) is 0. The van der Waals surface area contributed by atoms with Crippen LogP contribution in [0.2, 0.25) is 0 Å². The molecule has 0 saturated heterocycles. The number of nitrogens with zero attached hydrogens (tertiary/aromatic N) is 1. The smallest absolute Gasteiger partial charge is 0.330 e. The molecule has 0 bridgehead atoms. The number of halogens is 4. The van der Waals surface area contributed by atoms with Crippen LogP contribution in [-0.2, 0) is 4.74 Å². The van der Waals surface area contributed by atoms with E-state index in [1.165, 1.54) is 0 Å². The SMILES string of the molecule is O=c1[nH]c(=O)n([C@@H](CCl)OC(CCl)CCl)cc1F. The van der Waals surface area contributed by atoms with Gasteiger partial charge in [-0.05, 0) is 0 Å². The zero-order valence-electron chi connectivity index (χ0n) is 9.04. The van der Waals surface area contributed by atoms with E-state index in [9.17, 15) is 14.0 Å². The lowest BCUT2D eigenvalue weighted by atomic mass is 10.4. The Hall–Kier alpha value is -0.560. The van der Waals surface area contributed by atoms with Crippen LogP contribution in [-0.4, -0.2) is 33.3 Å². The summed E-state index contributed by atoms with van der Waals surface area (Å²) in [5.74, 6) is -1.05. The topological polar surface area (TPSA) is 64.1 Å². The number of aromatic amines is 1. The van der Waals surface area contributed by atoms with Crippen molar-refractivity contribution in [3.05, 3.63) is 32.9 Å². The number of aromatic nitrogens is 2. The fourth-order valence-electron chi connectivity index (χ4n) is 1.19. The molecule has 0 fully saturated rings. The molecule has 5 nitrogen and oxygen atoms in total. The molecule has 0 aliphatic carbocycles. The maximum Gasteiger partial charge on any atom is 0.330 e. The van der Waals surface area contributed by atoms with Crippen LogP contribution >= 0.6 is 34.8 Å². The highest BCUT2D eigenvalue weighted by atomic mass is 35.5. The Balaban J connectivity index is 3.05. The Bertz CT molecular complexity index is 501. The van der Waals surface area contributed by atoms with Gasteiger partial charge in [0, 0.05) is 11.8 Å². The number of ether oxygens (including phenoxy) is 1. The van der Waals surface area contributed by atoms with Gasteiger partial charge in [0.05, 0.1) is 18.2 Å². The molecule has 1 heterocycles. The molecule has 18 heavy (non-hydrogen) atoms.